The van der Waals surface area contributed by atoms with Crippen molar-refractivity contribution in [3.8, 4) is 5.75 Å². The Bertz CT molecular complexity index is 1530. The van der Waals surface area contributed by atoms with Crippen molar-refractivity contribution in [2.24, 2.45) is 11.7 Å². The topological polar surface area (TPSA) is 251 Å². The van der Waals surface area contributed by atoms with Crippen LogP contribution in [-0.4, -0.2) is 75.0 Å². The molecular weight excluding hydrogens is 600 g/mol. The summed E-state index contributed by atoms with van der Waals surface area (Å²) in [6.45, 7) is 4.94. The van der Waals surface area contributed by atoms with E-state index in [4.69, 9.17) is 16.2 Å². The summed E-state index contributed by atoms with van der Waals surface area (Å²) in [6.07, 6.45) is -0.704. The third kappa shape index (κ3) is 5.08. The minimum atomic E-state index is -5.14. The van der Waals surface area contributed by atoms with E-state index in [0.29, 0.717) is 16.3 Å². The molecule has 2 aromatic rings. The molecule has 2 aliphatic heterocycles. The summed E-state index contributed by atoms with van der Waals surface area (Å²) in [4.78, 5) is 78.4. The minimum Gasteiger partial charge on any atom is -0.491 e. The second kappa shape index (κ2) is 10.4. The fourth-order valence-corrected chi connectivity index (χ4v) is 9.59. The number of hydrogen-bond donors (Lipinski definition) is 7. The summed E-state index contributed by atoms with van der Waals surface area (Å²) in [6, 6.07) is 6.20. The van der Waals surface area contributed by atoms with Crippen LogP contribution < -0.4 is 16.2 Å². The Kier molecular flexibility index (Phi) is 7.94. The number of benzene rings is 2. The number of carbonyl (C=O) groups excluding carboxylic acids is 2. The average Bonchev–Trinajstić information content (AvgIpc) is 3.01. The lowest BCUT2D eigenvalue weighted by atomic mass is 9.82. The molecule has 2 saturated heterocycles. The van der Waals surface area contributed by atoms with E-state index in [2.05, 4.69) is 0 Å². The number of nitrogens with two attached hydrogens (primary N) is 2. The number of ether oxygens (including phenoxy) is 1. The molecule has 0 radical (unpaired) electrons. The van der Waals surface area contributed by atoms with Crippen LogP contribution >= 0.6 is 27.0 Å². The van der Waals surface area contributed by atoms with Gasteiger partial charge in [-0.15, -0.1) is 11.8 Å². The molecule has 0 aliphatic carbocycles. The van der Waals surface area contributed by atoms with Crippen LogP contribution in [0.2, 0.25) is 0 Å². The Morgan fingerprint density at radius 3 is 2.29 bits per heavy atom. The van der Waals surface area contributed by atoms with Crippen LogP contribution in [0.3, 0.4) is 0 Å². The molecular formula is C24H31N3O11P2S. The summed E-state index contributed by atoms with van der Waals surface area (Å²) in [5.41, 5.74) is 10.9. The fourth-order valence-electron chi connectivity index (χ4n) is 5.37. The molecule has 2 heterocycles. The molecule has 224 valence electrons. The van der Waals surface area contributed by atoms with Gasteiger partial charge < -0.3 is 35.2 Å². The number of amides is 1. The lowest BCUT2D eigenvalue weighted by Gasteiger charge is -2.47. The van der Waals surface area contributed by atoms with Crippen molar-refractivity contribution in [2.45, 2.75) is 54.8 Å². The second-order valence-corrected chi connectivity index (χ2v) is 16.2. The summed E-state index contributed by atoms with van der Waals surface area (Å²) in [7, 11) is -10.3. The van der Waals surface area contributed by atoms with E-state index in [-0.39, 0.29) is 30.0 Å². The smallest absolute Gasteiger partial charge is 0.346 e. The zero-order chi connectivity index (χ0) is 30.9. The number of carbonyl (C=O) groups is 3. The van der Waals surface area contributed by atoms with E-state index < -0.39 is 66.4 Å². The van der Waals surface area contributed by atoms with E-state index in [9.17, 15) is 48.2 Å². The first kappa shape index (κ1) is 31.5. The first-order chi connectivity index (χ1) is 18.8. The van der Waals surface area contributed by atoms with Crippen molar-refractivity contribution in [1.29, 1.82) is 0 Å². The maximum absolute atomic E-state index is 14.1. The van der Waals surface area contributed by atoms with Crippen LogP contribution in [-0.2, 0) is 25.1 Å². The molecule has 2 aromatic carbocycles. The van der Waals surface area contributed by atoms with Gasteiger partial charge >= 0.3 is 21.2 Å². The van der Waals surface area contributed by atoms with Crippen molar-refractivity contribution >= 4 is 61.1 Å². The third-order valence-electron chi connectivity index (χ3n) is 7.55. The van der Waals surface area contributed by atoms with Crippen LogP contribution in [0, 0.1) is 5.92 Å². The molecule has 0 spiro atoms. The molecule has 3 unspecified atom stereocenters. The average molecular weight is 632 g/mol. The minimum absolute atomic E-state index is 0.0104. The number of thioether (sulfide) groups is 1. The number of nitrogens with zero attached hydrogens (tertiary/aromatic N) is 1. The number of nitrogen functional groups attached to an aromatic ring is 1. The van der Waals surface area contributed by atoms with E-state index in [1.807, 2.05) is 0 Å². The van der Waals surface area contributed by atoms with Gasteiger partial charge in [0.05, 0.1) is 28.0 Å². The molecule has 0 saturated carbocycles. The van der Waals surface area contributed by atoms with Gasteiger partial charge in [-0.3, -0.25) is 29.4 Å². The Morgan fingerprint density at radius 1 is 1.15 bits per heavy atom. The van der Waals surface area contributed by atoms with Crippen molar-refractivity contribution in [3.63, 3.8) is 0 Å². The Balaban J connectivity index is 1.79. The van der Waals surface area contributed by atoms with Crippen LogP contribution in [0.5, 0.6) is 5.75 Å². The molecule has 4 rings (SSSR count). The van der Waals surface area contributed by atoms with Gasteiger partial charge in [0.15, 0.2) is 16.9 Å². The van der Waals surface area contributed by atoms with Gasteiger partial charge in [-0.05, 0) is 56.0 Å². The SMILES string of the molecule is CCOc1c(N)cc2ccc(CCC(P(=O)(O)O)P(=O)(O)O)cc2c1C(=O)C1C(=O)N2C1SC(C)(C)C2(N)C(=O)O. The van der Waals surface area contributed by atoms with E-state index in [1.165, 1.54) is 6.07 Å². The van der Waals surface area contributed by atoms with Crippen LogP contribution in [0.1, 0.15) is 43.1 Å². The van der Waals surface area contributed by atoms with Gasteiger partial charge in [0, 0.05) is 0 Å². The van der Waals surface area contributed by atoms with E-state index in [1.54, 1.807) is 39.0 Å². The first-order valence-electron chi connectivity index (χ1n) is 12.4. The number of Topliss-reactive ketones (excluding diaryl/α,β-unsaturated/α-hetero) is 1. The predicted octanol–water partition coefficient (Wildman–Crippen LogP) is 1.67. The standard InChI is InChI=1S/C24H31N3O11P2S/c1-4-38-19-14(25)10-12-7-5-11(6-8-15(39(32,33)34)40(35,36)37)9-13(12)16(19)18(28)17-20(29)27-21(17)41-23(2,3)24(27,26)22(30)31/h5,7,9-10,15,17,21H,4,6,8,25-26H2,1-3H3,(H,30,31)(H2,32,33,34)(H2,35,36,37). The highest BCUT2D eigenvalue weighted by Gasteiger charge is 2.72. The van der Waals surface area contributed by atoms with Crippen LogP contribution in [0.25, 0.3) is 10.8 Å². The van der Waals surface area contributed by atoms with Crippen molar-refractivity contribution in [3.05, 3.63) is 35.4 Å². The normalized spacial score (nSPS) is 23.9. The summed E-state index contributed by atoms with van der Waals surface area (Å²) in [5, 5.41) is 7.54. The quantitative estimate of drug-likeness (QED) is 0.0648. The molecule has 0 aromatic heterocycles. The number of carboxylic acid groups (broad SMARTS) is 1. The number of aliphatic carboxylic acids is 1. The highest BCUT2D eigenvalue weighted by atomic mass is 32.2. The van der Waals surface area contributed by atoms with Crippen LogP contribution in [0.15, 0.2) is 24.3 Å². The third-order valence-corrected chi connectivity index (χ3v) is 13.1. The Morgan fingerprint density at radius 2 is 1.76 bits per heavy atom. The second-order valence-electron chi connectivity index (χ2n) is 10.5. The molecule has 14 nitrogen and oxygen atoms in total. The number of rotatable bonds is 10. The number of anilines is 1. The molecule has 1 amide bonds. The predicted molar refractivity (Wildman–Crippen MR) is 150 cm³/mol. The molecule has 17 heteroatoms. The van der Waals surface area contributed by atoms with E-state index in [0.717, 1.165) is 16.7 Å². The number of hydrogen-bond acceptors (Lipinski definition) is 9. The van der Waals surface area contributed by atoms with Crippen molar-refractivity contribution < 1.29 is 52.9 Å². The molecule has 0 bridgehead atoms. The number of β-lactam (4-membered cyclic amide) rings is 1. The summed E-state index contributed by atoms with van der Waals surface area (Å²) in [5.74, 6) is -4.12. The fraction of sp³-hybridized carbons (Fsp3) is 0.458. The van der Waals surface area contributed by atoms with Crippen LogP contribution in [0.4, 0.5) is 5.69 Å². The Hall–Kier alpha value is -2.48. The van der Waals surface area contributed by atoms with Gasteiger partial charge in [0.2, 0.25) is 11.6 Å². The monoisotopic (exact) mass is 631 g/mol. The number of ketones is 1. The van der Waals surface area contributed by atoms with Gasteiger partial charge in [-0.2, -0.15) is 0 Å². The lowest BCUT2D eigenvalue weighted by Crippen LogP contribution is -2.75. The zero-order valence-electron chi connectivity index (χ0n) is 22.3. The highest BCUT2D eigenvalue weighted by Crippen LogP contribution is 2.61. The van der Waals surface area contributed by atoms with Crippen molar-refractivity contribution in [1.82, 2.24) is 4.90 Å². The number of aryl methyl sites for hydroxylation is 1. The van der Waals surface area contributed by atoms with Gasteiger partial charge in [0.1, 0.15) is 5.92 Å². The van der Waals surface area contributed by atoms with Gasteiger partial charge in [-0.25, -0.2) is 4.79 Å². The summed E-state index contributed by atoms with van der Waals surface area (Å²) < 4.78 is 28.0. The molecule has 41 heavy (non-hydrogen) atoms. The first-order valence-corrected chi connectivity index (χ1v) is 16.7. The van der Waals surface area contributed by atoms with Gasteiger partial charge in [0.25, 0.3) is 0 Å². The highest BCUT2D eigenvalue weighted by molar-refractivity contribution is 8.01. The molecule has 3 atom stereocenters. The maximum Gasteiger partial charge on any atom is 0.346 e. The molecule has 2 aliphatic rings. The number of carboxylic acids is 1. The van der Waals surface area contributed by atoms with Crippen molar-refractivity contribution in [2.75, 3.05) is 12.3 Å². The maximum atomic E-state index is 14.1. The summed E-state index contributed by atoms with van der Waals surface area (Å²) >= 11 is 1.09. The van der Waals surface area contributed by atoms with E-state index >= 15 is 0 Å². The Labute approximate surface area is 238 Å². The number of fused-ring (bicyclic) bond motifs is 2. The van der Waals surface area contributed by atoms with Gasteiger partial charge in [-0.1, -0.05) is 18.2 Å². The molecule has 9 N–H and O–H groups in total. The lowest BCUT2D eigenvalue weighted by molar-refractivity contribution is -0.171. The zero-order valence-corrected chi connectivity index (χ0v) is 24.9. The molecule has 2 fully saturated rings. The largest absolute Gasteiger partial charge is 0.491 e.